The highest BCUT2D eigenvalue weighted by atomic mass is 19.4. The molecule has 0 aliphatic heterocycles. The number of halogens is 6. The molecule has 2 radical (unpaired) electrons. The van der Waals surface area contributed by atoms with Gasteiger partial charge in [-0.05, 0) is 6.42 Å². The van der Waals surface area contributed by atoms with E-state index < -0.39 is 36.1 Å². The van der Waals surface area contributed by atoms with Crippen molar-refractivity contribution in [1.29, 1.82) is 0 Å². The van der Waals surface area contributed by atoms with E-state index in [1.165, 1.54) is 6.92 Å². The van der Waals surface area contributed by atoms with Crippen LogP contribution in [0, 0.1) is 5.92 Å². The van der Waals surface area contributed by atoms with E-state index in [4.69, 9.17) is 13.0 Å². The van der Waals surface area contributed by atoms with Crippen LogP contribution in [-0.2, 0) is 0 Å². The zero-order valence-electron chi connectivity index (χ0n) is 9.36. The van der Waals surface area contributed by atoms with Crippen LogP contribution < -0.4 is 0 Å². The summed E-state index contributed by atoms with van der Waals surface area (Å²) in [4.78, 5) is 0. The van der Waals surface area contributed by atoms with Crippen molar-refractivity contribution in [2.45, 2.75) is 50.5 Å². The van der Waals surface area contributed by atoms with Crippen LogP contribution in [0.15, 0.2) is 0 Å². The minimum Gasteiger partial charge on any atom is -0.373 e. The molecule has 0 heterocycles. The highest BCUT2D eigenvalue weighted by molar-refractivity contribution is 6.11. The molecule has 17 heavy (non-hydrogen) atoms. The summed E-state index contributed by atoms with van der Waals surface area (Å²) >= 11 is 0. The van der Waals surface area contributed by atoms with Crippen LogP contribution >= 0.6 is 0 Å². The summed E-state index contributed by atoms with van der Waals surface area (Å²) in [6.45, 7) is 2.18. The first kappa shape index (κ1) is 16.6. The second kappa shape index (κ2) is 5.08. The molecule has 1 nitrogen and oxygen atoms in total. The molecule has 100 valence electrons. The third kappa shape index (κ3) is 3.53. The van der Waals surface area contributed by atoms with E-state index in [1.807, 2.05) is 0 Å². The van der Waals surface area contributed by atoms with Gasteiger partial charge in [0, 0.05) is 5.92 Å². The molecule has 8 heteroatoms. The van der Waals surface area contributed by atoms with Gasteiger partial charge < -0.3 is 5.11 Å². The second-order valence-electron chi connectivity index (χ2n) is 4.22. The Hall–Kier alpha value is -0.395. The summed E-state index contributed by atoms with van der Waals surface area (Å²) in [5, 5.41) is 8.97. The van der Waals surface area contributed by atoms with Crippen molar-refractivity contribution in [1.82, 2.24) is 0 Å². The van der Waals surface area contributed by atoms with E-state index in [9.17, 15) is 26.3 Å². The highest BCUT2D eigenvalue weighted by Gasteiger charge is 2.72. The molecule has 0 aromatic heterocycles. The van der Waals surface area contributed by atoms with Crippen LogP contribution in [0.4, 0.5) is 26.3 Å². The lowest BCUT2D eigenvalue weighted by molar-refractivity contribution is -0.383. The van der Waals surface area contributed by atoms with Crippen LogP contribution in [0.2, 0.25) is 5.82 Å². The average Bonchev–Trinajstić information content (AvgIpc) is 2.08. The molecule has 0 aliphatic carbocycles. The predicted molar refractivity (Wildman–Crippen MR) is 50.6 cm³/mol. The molecule has 0 aliphatic rings. The molecule has 0 aromatic rings. The summed E-state index contributed by atoms with van der Waals surface area (Å²) in [5.41, 5.74) is -4.69. The Morgan fingerprint density at radius 2 is 1.29 bits per heavy atom. The maximum absolute atomic E-state index is 12.4. The summed E-state index contributed by atoms with van der Waals surface area (Å²) in [6.07, 6.45) is -12.0. The van der Waals surface area contributed by atoms with E-state index in [2.05, 4.69) is 0 Å². The molecule has 0 bridgehead atoms. The molecule has 0 saturated carbocycles. The van der Waals surface area contributed by atoms with Crippen molar-refractivity contribution < 1.29 is 31.4 Å². The SMILES string of the molecule is [B]C(C)CC[C@@H](C)C(O)(C(F)(F)F)C(F)(F)F. The molecular weight excluding hydrogens is 249 g/mol. The fourth-order valence-corrected chi connectivity index (χ4v) is 1.44. The van der Waals surface area contributed by atoms with Crippen LogP contribution in [0.25, 0.3) is 0 Å². The second-order valence-corrected chi connectivity index (χ2v) is 4.22. The molecule has 0 rings (SSSR count). The van der Waals surface area contributed by atoms with E-state index in [0.717, 1.165) is 0 Å². The van der Waals surface area contributed by atoms with Gasteiger partial charge in [-0.1, -0.05) is 26.1 Å². The first-order valence-corrected chi connectivity index (χ1v) is 4.95. The summed E-state index contributed by atoms with van der Waals surface area (Å²) in [6, 6.07) is 0. The Morgan fingerprint density at radius 1 is 0.941 bits per heavy atom. The van der Waals surface area contributed by atoms with Gasteiger partial charge in [-0.3, -0.25) is 0 Å². The minimum absolute atomic E-state index is 0.0321. The van der Waals surface area contributed by atoms with Crippen molar-refractivity contribution in [2.24, 2.45) is 5.92 Å². The third-order valence-corrected chi connectivity index (χ3v) is 2.63. The number of hydrogen-bond acceptors (Lipinski definition) is 1. The van der Waals surface area contributed by atoms with E-state index in [0.29, 0.717) is 6.92 Å². The van der Waals surface area contributed by atoms with Crippen molar-refractivity contribution in [3.63, 3.8) is 0 Å². The number of aliphatic hydroxyl groups is 1. The van der Waals surface area contributed by atoms with Gasteiger partial charge in [0.15, 0.2) is 0 Å². The molecule has 2 atom stereocenters. The standard InChI is InChI=1S/C9H13BF6O/c1-5(3-4-6(2)10)7(17,8(11,12)13)9(14,15)16/h5-6,17H,3-4H2,1-2H3/t5-,6?/m1/s1. The van der Waals surface area contributed by atoms with Crippen LogP contribution in [-0.4, -0.2) is 30.9 Å². The Bertz CT molecular complexity index is 233. The molecule has 0 aromatic carbocycles. The fraction of sp³-hybridized carbons (Fsp3) is 1.00. The normalized spacial score (nSPS) is 17.9. The summed E-state index contributed by atoms with van der Waals surface area (Å²) in [5.74, 6) is -2.53. The van der Waals surface area contributed by atoms with Crippen LogP contribution in [0.5, 0.6) is 0 Å². The zero-order valence-corrected chi connectivity index (χ0v) is 9.36. The number of alkyl halides is 6. The van der Waals surface area contributed by atoms with Gasteiger partial charge in [0.05, 0.1) is 7.85 Å². The number of rotatable bonds is 4. The zero-order chi connectivity index (χ0) is 14.1. The largest absolute Gasteiger partial charge is 0.426 e. The topological polar surface area (TPSA) is 20.2 Å². The third-order valence-electron chi connectivity index (χ3n) is 2.63. The Balaban J connectivity index is 5.08. The summed E-state index contributed by atoms with van der Waals surface area (Å²) < 4.78 is 74.2. The molecule has 0 amide bonds. The molecule has 0 spiro atoms. The molecule has 0 saturated heterocycles. The van der Waals surface area contributed by atoms with E-state index >= 15 is 0 Å². The van der Waals surface area contributed by atoms with Crippen molar-refractivity contribution >= 4 is 7.85 Å². The van der Waals surface area contributed by atoms with Gasteiger partial charge in [0.1, 0.15) is 0 Å². The van der Waals surface area contributed by atoms with Crippen molar-refractivity contribution in [3.8, 4) is 0 Å². The average molecular weight is 262 g/mol. The van der Waals surface area contributed by atoms with Gasteiger partial charge >= 0.3 is 12.4 Å². The Morgan fingerprint density at radius 3 is 1.53 bits per heavy atom. The first-order valence-electron chi connectivity index (χ1n) is 4.95. The van der Waals surface area contributed by atoms with Gasteiger partial charge in [0.2, 0.25) is 0 Å². The molecule has 1 N–H and O–H groups in total. The van der Waals surface area contributed by atoms with Gasteiger partial charge in [-0.2, -0.15) is 26.3 Å². The van der Waals surface area contributed by atoms with Gasteiger partial charge in [-0.25, -0.2) is 0 Å². The van der Waals surface area contributed by atoms with Gasteiger partial charge in [0.25, 0.3) is 5.60 Å². The quantitative estimate of drug-likeness (QED) is 0.609. The maximum atomic E-state index is 12.4. The van der Waals surface area contributed by atoms with Crippen molar-refractivity contribution in [3.05, 3.63) is 0 Å². The number of hydrogen-bond donors (Lipinski definition) is 1. The maximum Gasteiger partial charge on any atom is 0.426 e. The lowest BCUT2D eigenvalue weighted by Crippen LogP contribution is -2.61. The summed E-state index contributed by atoms with van der Waals surface area (Å²) in [7, 11) is 5.26. The highest BCUT2D eigenvalue weighted by Crippen LogP contribution is 2.48. The van der Waals surface area contributed by atoms with E-state index in [1.54, 1.807) is 0 Å². The van der Waals surface area contributed by atoms with Crippen LogP contribution in [0.1, 0.15) is 26.7 Å². The Kier molecular flexibility index (Phi) is 4.96. The molecule has 1 unspecified atom stereocenters. The Labute approximate surface area is 96.6 Å². The first-order chi connectivity index (χ1) is 7.34. The smallest absolute Gasteiger partial charge is 0.373 e. The van der Waals surface area contributed by atoms with Gasteiger partial charge in [-0.15, -0.1) is 0 Å². The fourth-order valence-electron chi connectivity index (χ4n) is 1.44. The lowest BCUT2D eigenvalue weighted by atomic mass is 9.78. The molecule has 0 fully saturated rings. The van der Waals surface area contributed by atoms with E-state index in [-0.39, 0.29) is 6.42 Å². The minimum atomic E-state index is -5.76. The monoisotopic (exact) mass is 262 g/mol. The lowest BCUT2D eigenvalue weighted by Gasteiger charge is -2.37. The molecular formula is C9H13BF6O. The van der Waals surface area contributed by atoms with Crippen LogP contribution in [0.3, 0.4) is 0 Å². The predicted octanol–water partition coefficient (Wildman–Crippen LogP) is 3.24. The van der Waals surface area contributed by atoms with Crippen molar-refractivity contribution in [2.75, 3.05) is 0 Å².